The van der Waals surface area contributed by atoms with Crippen molar-refractivity contribution in [2.75, 3.05) is 0 Å². The molecule has 86 valence electrons. The first-order chi connectivity index (χ1) is 7.75. The lowest BCUT2D eigenvalue weighted by molar-refractivity contribution is 0.0690. The minimum absolute atomic E-state index is 0.0980. The molecule has 0 aliphatic heterocycles. The highest BCUT2D eigenvalue weighted by Crippen LogP contribution is 2.26. The van der Waals surface area contributed by atoms with Gasteiger partial charge in [-0.1, -0.05) is 32.1 Å². The first-order valence-corrected chi connectivity index (χ1v) is 5.80. The van der Waals surface area contributed by atoms with Gasteiger partial charge in [-0.3, -0.25) is 0 Å². The van der Waals surface area contributed by atoms with E-state index in [1.165, 1.54) is 38.4 Å². The van der Waals surface area contributed by atoms with E-state index in [1.807, 2.05) is 0 Å². The molecule has 16 heavy (non-hydrogen) atoms. The summed E-state index contributed by atoms with van der Waals surface area (Å²) in [6.07, 6.45) is 8.65. The molecule has 1 heterocycles. The molecule has 1 fully saturated rings. The fourth-order valence-electron chi connectivity index (χ4n) is 2.31. The quantitative estimate of drug-likeness (QED) is 0.848. The summed E-state index contributed by atoms with van der Waals surface area (Å²) in [6.45, 7) is 0. The van der Waals surface area contributed by atoms with Crippen LogP contribution in [0.25, 0.3) is 0 Å². The van der Waals surface area contributed by atoms with Crippen LogP contribution < -0.4 is 0 Å². The molecule has 1 N–H and O–H groups in total. The lowest BCUT2D eigenvalue weighted by Gasteiger charge is -2.20. The normalized spacial score (nSPS) is 17.2. The number of nitrogens with zero attached hydrogens (tertiary/aromatic N) is 2. The summed E-state index contributed by atoms with van der Waals surface area (Å²) in [5.41, 5.74) is 0.958. The Bertz CT molecular complexity index is 373. The van der Waals surface area contributed by atoms with Crippen LogP contribution in [0.2, 0.25) is 0 Å². The van der Waals surface area contributed by atoms with Gasteiger partial charge in [-0.05, 0) is 18.4 Å². The van der Waals surface area contributed by atoms with Crippen molar-refractivity contribution in [3.05, 3.63) is 23.8 Å². The molecule has 1 saturated carbocycles. The van der Waals surface area contributed by atoms with Crippen LogP contribution in [0, 0.1) is 5.92 Å². The topological polar surface area (TPSA) is 63.1 Å². The Balaban J connectivity index is 2.02. The number of carboxylic acid groups (broad SMARTS) is 1. The van der Waals surface area contributed by atoms with Crippen molar-refractivity contribution < 1.29 is 9.90 Å². The number of aromatic nitrogens is 2. The van der Waals surface area contributed by atoms with Crippen LogP contribution in [-0.4, -0.2) is 21.0 Å². The fraction of sp³-hybridized carbons (Fsp3) is 0.583. The summed E-state index contributed by atoms with van der Waals surface area (Å²) in [5.74, 6) is -0.308. The number of hydrogen-bond donors (Lipinski definition) is 1. The Morgan fingerprint density at radius 1 is 1.31 bits per heavy atom. The third-order valence-electron chi connectivity index (χ3n) is 3.17. The van der Waals surface area contributed by atoms with E-state index in [0.717, 1.165) is 12.1 Å². The molecule has 1 aromatic rings. The zero-order valence-electron chi connectivity index (χ0n) is 9.22. The minimum Gasteiger partial charge on any atom is -0.477 e. The van der Waals surface area contributed by atoms with Crippen LogP contribution in [0.1, 0.15) is 48.3 Å². The Labute approximate surface area is 94.7 Å². The van der Waals surface area contributed by atoms with E-state index in [0.29, 0.717) is 5.92 Å². The molecule has 0 unspecified atom stereocenters. The standard InChI is InChI=1S/C12H16N2O2/c15-12(16)11-7-10(13-8-14-11)6-9-4-2-1-3-5-9/h7-9H,1-6H2,(H,15,16). The molecular weight excluding hydrogens is 204 g/mol. The highest BCUT2D eigenvalue weighted by atomic mass is 16.4. The first-order valence-electron chi connectivity index (χ1n) is 5.80. The lowest BCUT2D eigenvalue weighted by atomic mass is 9.86. The zero-order valence-corrected chi connectivity index (χ0v) is 9.22. The Morgan fingerprint density at radius 2 is 2.06 bits per heavy atom. The van der Waals surface area contributed by atoms with Crippen LogP contribution in [-0.2, 0) is 6.42 Å². The molecule has 0 amide bonds. The molecule has 2 rings (SSSR count). The van der Waals surface area contributed by atoms with Crippen molar-refractivity contribution in [3.8, 4) is 0 Å². The zero-order chi connectivity index (χ0) is 11.4. The summed E-state index contributed by atoms with van der Waals surface area (Å²) in [6, 6.07) is 1.59. The van der Waals surface area contributed by atoms with Gasteiger partial charge in [0.05, 0.1) is 0 Å². The SMILES string of the molecule is O=C(O)c1cc(CC2CCCCC2)ncn1. The average Bonchev–Trinajstić information content (AvgIpc) is 2.30. The van der Waals surface area contributed by atoms with Crippen molar-refractivity contribution in [1.29, 1.82) is 0 Å². The van der Waals surface area contributed by atoms with Crippen molar-refractivity contribution in [2.45, 2.75) is 38.5 Å². The smallest absolute Gasteiger partial charge is 0.354 e. The van der Waals surface area contributed by atoms with E-state index in [1.54, 1.807) is 6.07 Å². The van der Waals surface area contributed by atoms with Gasteiger partial charge in [0.15, 0.2) is 5.69 Å². The third kappa shape index (κ3) is 2.78. The fourth-order valence-corrected chi connectivity index (χ4v) is 2.31. The Kier molecular flexibility index (Phi) is 3.49. The van der Waals surface area contributed by atoms with Gasteiger partial charge in [-0.25, -0.2) is 14.8 Å². The Morgan fingerprint density at radius 3 is 2.75 bits per heavy atom. The molecule has 1 aliphatic rings. The van der Waals surface area contributed by atoms with Crippen molar-refractivity contribution in [2.24, 2.45) is 5.92 Å². The van der Waals surface area contributed by atoms with Gasteiger partial charge in [-0.15, -0.1) is 0 Å². The van der Waals surface area contributed by atoms with E-state index in [4.69, 9.17) is 5.11 Å². The number of carboxylic acids is 1. The highest BCUT2D eigenvalue weighted by molar-refractivity contribution is 5.85. The molecule has 1 aliphatic carbocycles. The summed E-state index contributed by atoms with van der Waals surface area (Å²) < 4.78 is 0. The van der Waals surface area contributed by atoms with Crippen LogP contribution in [0.5, 0.6) is 0 Å². The van der Waals surface area contributed by atoms with Crippen LogP contribution in [0.4, 0.5) is 0 Å². The molecule has 0 radical (unpaired) electrons. The molecule has 0 bridgehead atoms. The van der Waals surface area contributed by atoms with E-state index < -0.39 is 5.97 Å². The van der Waals surface area contributed by atoms with Gasteiger partial charge in [0.2, 0.25) is 0 Å². The molecule has 1 aromatic heterocycles. The summed E-state index contributed by atoms with van der Waals surface area (Å²) in [5, 5.41) is 8.82. The molecule has 4 nitrogen and oxygen atoms in total. The molecule has 0 saturated heterocycles. The summed E-state index contributed by atoms with van der Waals surface area (Å²) >= 11 is 0. The maximum absolute atomic E-state index is 10.8. The Hall–Kier alpha value is -1.45. The van der Waals surface area contributed by atoms with Crippen LogP contribution in [0.15, 0.2) is 12.4 Å². The minimum atomic E-state index is -0.979. The van der Waals surface area contributed by atoms with Crippen molar-refractivity contribution >= 4 is 5.97 Å². The summed E-state index contributed by atoms with van der Waals surface area (Å²) in [4.78, 5) is 18.6. The van der Waals surface area contributed by atoms with E-state index in [-0.39, 0.29) is 5.69 Å². The number of hydrogen-bond acceptors (Lipinski definition) is 3. The van der Waals surface area contributed by atoms with E-state index >= 15 is 0 Å². The molecule has 0 spiro atoms. The van der Waals surface area contributed by atoms with Crippen molar-refractivity contribution in [1.82, 2.24) is 9.97 Å². The lowest BCUT2D eigenvalue weighted by Crippen LogP contribution is -2.11. The van der Waals surface area contributed by atoms with Crippen molar-refractivity contribution in [3.63, 3.8) is 0 Å². The van der Waals surface area contributed by atoms with Crippen LogP contribution in [0.3, 0.4) is 0 Å². The van der Waals surface area contributed by atoms with Gasteiger partial charge >= 0.3 is 5.97 Å². The predicted molar refractivity (Wildman–Crippen MR) is 59.3 cm³/mol. The maximum Gasteiger partial charge on any atom is 0.354 e. The predicted octanol–water partition coefficient (Wildman–Crippen LogP) is 2.30. The largest absolute Gasteiger partial charge is 0.477 e. The number of rotatable bonds is 3. The second-order valence-corrected chi connectivity index (χ2v) is 4.41. The number of aromatic carboxylic acids is 1. The van der Waals surface area contributed by atoms with Gasteiger partial charge in [0.1, 0.15) is 6.33 Å². The van der Waals surface area contributed by atoms with Gasteiger partial charge < -0.3 is 5.11 Å². The molecular formula is C12H16N2O2. The second-order valence-electron chi connectivity index (χ2n) is 4.41. The van der Waals surface area contributed by atoms with Gasteiger partial charge in [-0.2, -0.15) is 0 Å². The highest BCUT2D eigenvalue weighted by Gasteiger charge is 2.15. The first kappa shape index (κ1) is 11.0. The second kappa shape index (κ2) is 5.05. The summed E-state index contributed by atoms with van der Waals surface area (Å²) in [7, 11) is 0. The van der Waals surface area contributed by atoms with Crippen LogP contribution >= 0.6 is 0 Å². The molecule has 0 aromatic carbocycles. The van der Waals surface area contributed by atoms with E-state index in [2.05, 4.69) is 9.97 Å². The van der Waals surface area contributed by atoms with Gasteiger partial charge in [0, 0.05) is 5.69 Å². The van der Waals surface area contributed by atoms with Gasteiger partial charge in [0.25, 0.3) is 0 Å². The molecule has 0 atom stereocenters. The molecule has 4 heteroatoms. The average molecular weight is 220 g/mol. The monoisotopic (exact) mass is 220 g/mol. The van der Waals surface area contributed by atoms with E-state index in [9.17, 15) is 4.79 Å². The number of carbonyl (C=O) groups is 1. The third-order valence-corrected chi connectivity index (χ3v) is 3.17. The maximum atomic E-state index is 10.8.